The Kier molecular flexibility index (Phi) is 4.44. The molecule has 2 heterocycles. The quantitative estimate of drug-likeness (QED) is 0.855. The van der Waals surface area contributed by atoms with Crippen molar-refractivity contribution in [1.29, 1.82) is 0 Å². The molecular formula is C15H15BrN2O3S. The van der Waals surface area contributed by atoms with E-state index in [1.165, 1.54) is 0 Å². The highest BCUT2D eigenvalue weighted by Gasteiger charge is 2.31. The van der Waals surface area contributed by atoms with Crippen molar-refractivity contribution in [3.8, 4) is 0 Å². The summed E-state index contributed by atoms with van der Waals surface area (Å²) < 4.78 is 0.736. The molecular weight excluding hydrogens is 368 g/mol. The number of carboxylic acids is 1. The van der Waals surface area contributed by atoms with Gasteiger partial charge in [-0.15, -0.1) is 0 Å². The number of aromatic amines is 1. The lowest BCUT2D eigenvalue weighted by atomic mass is 10.1. The number of halogens is 1. The molecule has 0 radical (unpaired) electrons. The first-order valence-corrected chi connectivity index (χ1v) is 8.89. The molecule has 5 nitrogen and oxygen atoms in total. The summed E-state index contributed by atoms with van der Waals surface area (Å²) in [5.41, 5.74) is 1.38. The number of rotatable bonds is 3. The van der Waals surface area contributed by atoms with E-state index in [1.807, 2.05) is 24.3 Å². The van der Waals surface area contributed by atoms with Gasteiger partial charge in [-0.25, -0.2) is 0 Å². The summed E-state index contributed by atoms with van der Waals surface area (Å²) in [7, 11) is 0. The lowest BCUT2D eigenvalue weighted by molar-refractivity contribution is -0.138. The normalized spacial score (nSPS) is 18.6. The molecule has 1 amide bonds. The Hall–Kier alpha value is -1.47. The molecule has 0 saturated carbocycles. The third-order valence-electron chi connectivity index (χ3n) is 3.76. The Bertz CT molecular complexity index is 731. The minimum absolute atomic E-state index is 0.0173. The predicted octanol–water partition coefficient (Wildman–Crippen LogP) is 2.96. The minimum atomic E-state index is -0.874. The standard InChI is InChI=1S/C15H15BrN2O3S/c16-13-10-3-1-2-4-11(10)17-14(13)15(21)18-5-6-22-8-9(18)7-12(19)20/h1-4,9,17H,5-8H2,(H,19,20). The zero-order valence-electron chi connectivity index (χ0n) is 11.7. The molecule has 116 valence electrons. The average molecular weight is 383 g/mol. The highest BCUT2D eigenvalue weighted by molar-refractivity contribution is 9.10. The molecule has 1 saturated heterocycles. The fourth-order valence-electron chi connectivity index (χ4n) is 2.69. The van der Waals surface area contributed by atoms with E-state index in [2.05, 4.69) is 20.9 Å². The topological polar surface area (TPSA) is 73.4 Å². The first-order chi connectivity index (χ1) is 10.6. The van der Waals surface area contributed by atoms with Crippen LogP contribution in [-0.2, 0) is 4.79 Å². The molecule has 1 aliphatic heterocycles. The number of benzene rings is 1. The molecule has 1 unspecified atom stereocenters. The van der Waals surface area contributed by atoms with E-state index in [1.54, 1.807) is 16.7 Å². The highest BCUT2D eigenvalue weighted by atomic mass is 79.9. The second-order valence-electron chi connectivity index (χ2n) is 5.18. The van der Waals surface area contributed by atoms with Gasteiger partial charge in [0.25, 0.3) is 5.91 Å². The van der Waals surface area contributed by atoms with E-state index >= 15 is 0 Å². The Balaban J connectivity index is 1.93. The number of aliphatic carboxylic acids is 1. The number of thioether (sulfide) groups is 1. The molecule has 3 rings (SSSR count). The summed E-state index contributed by atoms with van der Waals surface area (Å²) in [5.74, 6) is 0.478. The zero-order valence-corrected chi connectivity index (χ0v) is 14.1. The van der Waals surface area contributed by atoms with Gasteiger partial charge in [-0.1, -0.05) is 18.2 Å². The van der Waals surface area contributed by atoms with Crippen LogP contribution < -0.4 is 0 Å². The van der Waals surface area contributed by atoms with Gasteiger partial charge in [-0.3, -0.25) is 9.59 Å². The second-order valence-corrected chi connectivity index (χ2v) is 7.13. The van der Waals surface area contributed by atoms with Gasteiger partial charge in [0.05, 0.1) is 16.9 Å². The molecule has 1 fully saturated rings. The molecule has 0 spiro atoms. The van der Waals surface area contributed by atoms with Crippen molar-refractivity contribution in [2.75, 3.05) is 18.1 Å². The van der Waals surface area contributed by atoms with Gasteiger partial charge in [0.15, 0.2) is 0 Å². The van der Waals surface area contributed by atoms with Crippen molar-refractivity contribution >= 4 is 50.5 Å². The number of H-pyrrole nitrogens is 1. The van der Waals surface area contributed by atoms with Crippen molar-refractivity contribution in [1.82, 2.24) is 9.88 Å². The molecule has 1 aliphatic rings. The van der Waals surface area contributed by atoms with Crippen molar-refractivity contribution in [2.45, 2.75) is 12.5 Å². The van der Waals surface area contributed by atoms with Crippen LogP contribution in [0.3, 0.4) is 0 Å². The van der Waals surface area contributed by atoms with Crippen molar-refractivity contribution in [3.63, 3.8) is 0 Å². The maximum absolute atomic E-state index is 12.8. The lowest BCUT2D eigenvalue weighted by Gasteiger charge is -2.34. The van der Waals surface area contributed by atoms with Crippen LogP contribution in [0.4, 0.5) is 0 Å². The number of nitrogens with one attached hydrogen (secondary N) is 1. The third-order valence-corrected chi connectivity index (χ3v) is 5.67. The van der Waals surface area contributed by atoms with E-state index in [4.69, 9.17) is 5.11 Å². The van der Waals surface area contributed by atoms with Crippen LogP contribution in [0.25, 0.3) is 10.9 Å². The number of nitrogens with zero attached hydrogens (tertiary/aromatic N) is 1. The molecule has 0 bridgehead atoms. The van der Waals surface area contributed by atoms with Gasteiger partial charge in [0.2, 0.25) is 0 Å². The van der Waals surface area contributed by atoms with Gasteiger partial charge in [-0.05, 0) is 22.0 Å². The Morgan fingerprint density at radius 2 is 2.18 bits per heavy atom. The fourth-order valence-corrected chi connectivity index (χ4v) is 4.37. The maximum atomic E-state index is 12.8. The van der Waals surface area contributed by atoms with Gasteiger partial charge in [-0.2, -0.15) is 11.8 Å². The van der Waals surface area contributed by atoms with E-state index in [0.29, 0.717) is 18.0 Å². The van der Waals surface area contributed by atoms with Crippen molar-refractivity contribution in [2.24, 2.45) is 0 Å². The van der Waals surface area contributed by atoms with Crippen LogP contribution in [0.2, 0.25) is 0 Å². The van der Waals surface area contributed by atoms with Gasteiger partial charge in [0, 0.05) is 29.0 Å². The molecule has 2 aromatic rings. The minimum Gasteiger partial charge on any atom is -0.481 e. The smallest absolute Gasteiger partial charge is 0.305 e. The number of aromatic nitrogens is 1. The van der Waals surface area contributed by atoms with Crippen molar-refractivity contribution < 1.29 is 14.7 Å². The van der Waals surface area contributed by atoms with Crippen LogP contribution >= 0.6 is 27.7 Å². The summed E-state index contributed by atoms with van der Waals surface area (Å²) >= 11 is 5.18. The van der Waals surface area contributed by atoms with Gasteiger partial charge in [0.1, 0.15) is 5.69 Å². The van der Waals surface area contributed by atoms with E-state index in [0.717, 1.165) is 21.1 Å². The van der Waals surface area contributed by atoms with Crippen LogP contribution in [0.1, 0.15) is 16.9 Å². The summed E-state index contributed by atoms with van der Waals surface area (Å²) in [6, 6.07) is 7.41. The van der Waals surface area contributed by atoms with Gasteiger partial charge >= 0.3 is 5.97 Å². The molecule has 1 atom stereocenters. The molecule has 1 aromatic heterocycles. The molecule has 1 aromatic carbocycles. The first-order valence-electron chi connectivity index (χ1n) is 6.94. The molecule has 2 N–H and O–H groups in total. The number of amides is 1. The zero-order chi connectivity index (χ0) is 15.7. The summed E-state index contributed by atoms with van der Waals surface area (Å²) in [6.45, 7) is 0.573. The Morgan fingerprint density at radius 3 is 2.91 bits per heavy atom. The second kappa shape index (κ2) is 6.34. The average Bonchev–Trinajstić information content (AvgIpc) is 2.84. The molecule has 7 heteroatoms. The number of carbonyl (C=O) groups excluding carboxylic acids is 1. The Morgan fingerprint density at radius 1 is 1.41 bits per heavy atom. The number of para-hydroxylation sites is 1. The van der Waals surface area contributed by atoms with E-state index in [9.17, 15) is 9.59 Å². The van der Waals surface area contributed by atoms with Crippen LogP contribution in [-0.4, -0.2) is 51.0 Å². The maximum Gasteiger partial charge on any atom is 0.305 e. The lowest BCUT2D eigenvalue weighted by Crippen LogP contribution is -2.47. The number of carbonyl (C=O) groups is 2. The SMILES string of the molecule is O=C(O)CC1CSCCN1C(=O)c1[nH]c2ccccc2c1Br. The molecule has 22 heavy (non-hydrogen) atoms. The number of hydrogen-bond acceptors (Lipinski definition) is 3. The summed E-state index contributed by atoms with van der Waals surface area (Å²) in [4.78, 5) is 28.7. The van der Waals surface area contributed by atoms with Crippen LogP contribution in [0.15, 0.2) is 28.7 Å². The number of hydrogen-bond donors (Lipinski definition) is 2. The monoisotopic (exact) mass is 382 g/mol. The Labute approximate surface area is 140 Å². The third kappa shape index (κ3) is 2.87. The fraction of sp³-hybridized carbons (Fsp3) is 0.333. The van der Waals surface area contributed by atoms with Crippen LogP contribution in [0, 0.1) is 0 Å². The van der Waals surface area contributed by atoms with E-state index in [-0.39, 0.29) is 18.4 Å². The van der Waals surface area contributed by atoms with Crippen LogP contribution in [0.5, 0.6) is 0 Å². The summed E-state index contributed by atoms with van der Waals surface area (Å²) in [5, 5.41) is 9.99. The number of fused-ring (bicyclic) bond motifs is 1. The summed E-state index contributed by atoms with van der Waals surface area (Å²) in [6.07, 6.45) is -0.0173. The number of carboxylic acid groups (broad SMARTS) is 1. The van der Waals surface area contributed by atoms with Gasteiger partial charge < -0.3 is 15.0 Å². The predicted molar refractivity (Wildman–Crippen MR) is 90.4 cm³/mol. The van der Waals surface area contributed by atoms with Crippen molar-refractivity contribution in [3.05, 3.63) is 34.4 Å². The molecule has 0 aliphatic carbocycles. The largest absolute Gasteiger partial charge is 0.481 e. The first kappa shape index (κ1) is 15.4. The highest BCUT2D eigenvalue weighted by Crippen LogP contribution is 2.30. The van der Waals surface area contributed by atoms with E-state index < -0.39 is 5.97 Å².